The number of aromatic nitrogens is 2. The maximum absolute atomic E-state index is 15.0. The summed E-state index contributed by atoms with van der Waals surface area (Å²) in [6.07, 6.45) is -0.689. The van der Waals surface area contributed by atoms with Crippen molar-refractivity contribution in [3.05, 3.63) is 56.1 Å². The topological polar surface area (TPSA) is 122 Å². The van der Waals surface area contributed by atoms with Crippen LogP contribution in [0.25, 0.3) is 22.3 Å². The molecule has 3 atom stereocenters. The molecular formula is C27H24FN3O6S. The van der Waals surface area contributed by atoms with Crippen LogP contribution in [0.2, 0.25) is 0 Å². The summed E-state index contributed by atoms with van der Waals surface area (Å²) in [6, 6.07) is 2.61. The molecule has 7 rings (SSSR count). The average molecular weight is 538 g/mol. The predicted octanol–water partition coefficient (Wildman–Crippen LogP) is 2.27. The first kappa shape index (κ1) is 23.8. The summed E-state index contributed by atoms with van der Waals surface area (Å²) in [5.74, 6) is -0.882. The van der Waals surface area contributed by atoms with Crippen molar-refractivity contribution in [2.24, 2.45) is 0 Å². The zero-order chi connectivity index (χ0) is 26.7. The number of fused-ring (bicyclic) bond motifs is 5. The molecule has 38 heavy (non-hydrogen) atoms. The number of carbonyl (C=O) groups excluding carboxylic acids is 2. The molecule has 0 aliphatic carbocycles. The average Bonchev–Trinajstić information content (AvgIpc) is 3.43. The van der Waals surface area contributed by atoms with E-state index in [1.165, 1.54) is 17.8 Å². The summed E-state index contributed by atoms with van der Waals surface area (Å²) in [6.45, 7) is 3.50. The smallest absolute Gasteiger partial charge is 0.343 e. The zero-order valence-corrected chi connectivity index (χ0v) is 21.5. The number of hydrogen-bond donors (Lipinski definition) is 2. The Bertz CT molecular complexity index is 1690. The molecule has 2 unspecified atom stereocenters. The number of cyclic esters (lactones) is 1. The van der Waals surface area contributed by atoms with Crippen LogP contribution in [-0.2, 0) is 33.1 Å². The minimum atomic E-state index is -1.95. The lowest BCUT2D eigenvalue weighted by atomic mass is 9.86. The van der Waals surface area contributed by atoms with E-state index in [2.05, 4.69) is 0 Å². The van der Waals surface area contributed by atoms with Crippen molar-refractivity contribution in [3.8, 4) is 11.4 Å². The first-order valence-electron chi connectivity index (χ1n) is 12.6. The summed E-state index contributed by atoms with van der Waals surface area (Å²) >= 11 is 1.46. The van der Waals surface area contributed by atoms with Crippen LogP contribution < -0.4 is 5.56 Å². The van der Waals surface area contributed by atoms with E-state index in [0.29, 0.717) is 28.2 Å². The number of esters is 1. The minimum absolute atomic E-state index is 0.0253. The molecule has 4 aliphatic rings. The molecule has 1 fully saturated rings. The van der Waals surface area contributed by atoms with Gasteiger partial charge in [-0.05, 0) is 30.5 Å². The van der Waals surface area contributed by atoms with E-state index in [9.17, 15) is 24.6 Å². The Morgan fingerprint density at radius 2 is 2.05 bits per heavy atom. The van der Waals surface area contributed by atoms with Gasteiger partial charge in [0.05, 0.1) is 47.6 Å². The van der Waals surface area contributed by atoms with Gasteiger partial charge in [0.1, 0.15) is 12.4 Å². The van der Waals surface area contributed by atoms with E-state index >= 15 is 4.39 Å². The maximum Gasteiger partial charge on any atom is 0.343 e. The van der Waals surface area contributed by atoms with Crippen LogP contribution in [0.1, 0.15) is 53.6 Å². The maximum atomic E-state index is 15.0. The van der Waals surface area contributed by atoms with E-state index in [1.54, 1.807) is 29.4 Å². The first-order chi connectivity index (χ1) is 18.1. The third kappa shape index (κ3) is 2.95. The SMILES string of the molecule is CC[C@@]1(O)C(=O)OCc2c1cc1n(c2=O)Cc2c-1nc1cc(F)c(C)c3c1c2C(N1CC(O)CC1=O)CS3. The van der Waals surface area contributed by atoms with E-state index in [4.69, 9.17) is 9.72 Å². The molecule has 3 aromatic rings. The molecule has 1 saturated heterocycles. The molecule has 0 spiro atoms. The second-order valence-corrected chi connectivity index (χ2v) is 11.4. The van der Waals surface area contributed by atoms with Gasteiger partial charge in [-0.2, -0.15) is 0 Å². The molecular weight excluding hydrogens is 513 g/mol. The van der Waals surface area contributed by atoms with Gasteiger partial charge in [-0.1, -0.05) is 6.92 Å². The van der Waals surface area contributed by atoms with Crippen LogP contribution in [0.5, 0.6) is 0 Å². The largest absolute Gasteiger partial charge is 0.458 e. The Hall–Kier alpha value is -3.28. The number of likely N-dealkylation sites (tertiary alicyclic amines) is 1. The number of hydrogen-bond acceptors (Lipinski definition) is 8. The summed E-state index contributed by atoms with van der Waals surface area (Å²) in [5.41, 5.74) is 1.44. The van der Waals surface area contributed by atoms with Gasteiger partial charge in [-0.25, -0.2) is 14.2 Å². The highest BCUT2D eigenvalue weighted by molar-refractivity contribution is 7.99. The lowest BCUT2D eigenvalue weighted by Crippen LogP contribution is -2.44. The van der Waals surface area contributed by atoms with E-state index < -0.39 is 29.5 Å². The van der Waals surface area contributed by atoms with Crippen LogP contribution in [0, 0.1) is 12.7 Å². The van der Waals surface area contributed by atoms with Gasteiger partial charge in [0.15, 0.2) is 5.60 Å². The number of carbonyl (C=O) groups is 2. The van der Waals surface area contributed by atoms with Gasteiger partial charge in [-0.15, -0.1) is 11.8 Å². The quantitative estimate of drug-likeness (QED) is 0.374. The van der Waals surface area contributed by atoms with Gasteiger partial charge in [0, 0.05) is 39.8 Å². The summed E-state index contributed by atoms with van der Waals surface area (Å²) in [7, 11) is 0. The highest BCUT2D eigenvalue weighted by Gasteiger charge is 2.46. The number of aliphatic hydroxyl groups is 2. The van der Waals surface area contributed by atoms with Gasteiger partial charge in [0.2, 0.25) is 5.91 Å². The summed E-state index contributed by atoms with van der Waals surface area (Å²) in [5, 5.41) is 22.1. The third-order valence-corrected chi connectivity index (χ3v) is 9.67. The molecule has 11 heteroatoms. The van der Waals surface area contributed by atoms with Crippen molar-refractivity contribution in [2.45, 2.75) is 62.5 Å². The Labute approximate surface area is 220 Å². The molecule has 0 bridgehead atoms. The number of aliphatic hydroxyl groups excluding tert-OH is 1. The lowest BCUT2D eigenvalue weighted by molar-refractivity contribution is -0.172. The number of benzene rings is 1. The fourth-order valence-electron chi connectivity index (χ4n) is 6.36. The fourth-order valence-corrected chi connectivity index (χ4v) is 7.71. The van der Waals surface area contributed by atoms with Crippen LogP contribution in [0.15, 0.2) is 21.8 Å². The first-order valence-corrected chi connectivity index (χ1v) is 13.6. The molecule has 1 amide bonds. The Morgan fingerprint density at radius 3 is 2.76 bits per heavy atom. The van der Waals surface area contributed by atoms with E-state index in [1.807, 2.05) is 0 Å². The molecule has 1 aromatic carbocycles. The normalized spacial score (nSPS) is 25.4. The van der Waals surface area contributed by atoms with Crippen molar-refractivity contribution >= 4 is 34.5 Å². The second-order valence-electron chi connectivity index (χ2n) is 10.4. The number of halogens is 1. The molecule has 9 nitrogen and oxygen atoms in total. The Morgan fingerprint density at radius 1 is 1.26 bits per heavy atom. The van der Waals surface area contributed by atoms with Gasteiger partial charge in [0.25, 0.3) is 5.56 Å². The van der Waals surface area contributed by atoms with Crippen LogP contribution >= 0.6 is 11.8 Å². The van der Waals surface area contributed by atoms with Crippen LogP contribution in [-0.4, -0.2) is 54.9 Å². The Kier molecular flexibility index (Phi) is 4.93. The standard InChI is InChI=1S/C27H24FN3O6S/c1-3-27(36)15-5-18-23-13(8-31(18)25(34)14(15)9-37-26(27)35)21-19(30-7-12(32)4-20(30)33)10-38-24-11(2)16(28)6-17(29-23)22(21)24/h5-6,12,19,32,36H,3-4,7-10H2,1-2H3/t12?,19?,27-/m0/s1. The zero-order valence-electron chi connectivity index (χ0n) is 20.7. The molecule has 4 aliphatic heterocycles. The van der Waals surface area contributed by atoms with Gasteiger partial charge < -0.3 is 24.4 Å². The van der Waals surface area contributed by atoms with Gasteiger partial charge >= 0.3 is 5.97 Å². The fraction of sp³-hybridized carbons (Fsp3) is 0.407. The van der Waals surface area contributed by atoms with Crippen molar-refractivity contribution < 1.29 is 28.9 Å². The van der Waals surface area contributed by atoms with Crippen LogP contribution in [0.4, 0.5) is 4.39 Å². The highest BCUT2D eigenvalue weighted by Crippen LogP contribution is 2.50. The number of amides is 1. The number of β-amino-alcohol motifs (C(OH)–C–C–N with tert-alkyl or cyclic N) is 1. The number of nitrogens with zero attached hydrogens (tertiary/aromatic N) is 3. The lowest BCUT2D eigenvalue weighted by Gasteiger charge is -2.34. The number of ether oxygens (including phenoxy) is 1. The van der Waals surface area contributed by atoms with Crippen LogP contribution in [0.3, 0.4) is 0 Å². The second kappa shape index (κ2) is 7.87. The van der Waals surface area contributed by atoms with E-state index in [0.717, 1.165) is 21.4 Å². The molecule has 2 N–H and O–H groups in total. The molecule has 196 valence electrons. The number of rotatable bonds is 2. The molecule has 0 saturated carbocycles. The highest BCUT2D eigenvalue weighted by atomic mass is 32.2. The summed E-state index contributed by atoms with van der Waals surface area (Å²) in [4.78, 5) is 46.3. The van der Waals surface area contributed by atoms with Gasteiger partial charge in [-0.3, -0.25) is 9.59 Å². The molecule has 2 aromatic heterocycles. The van der Waals surface area contributed by atoms with Crippen molar-refractivity contribution in [1.82, 2.24) is 14.5 Å². The minimum Gasteiger partial charge on any atom is -0.458 e. The summed E-state index contributed by atoms with van der Waals surface area (Å²) < 4.78 is 21.7. The van der Waals surface area contributed by atoms with Crippen molar-refractivity contribution in [1.29, 1.82) is 0 Å². The predicted molar refractivity (Wildman–Crippen MR) is 135 cm³/mol. The number of thioether (sulfide) groups is 1. The third-order valence-electron chi connectivity index (χ3n) is 8.39. The van der Waals surface area contributed by atoms with Crippen molar-refractivity contribution in [2.75, 3.05) is 12.3 Å². The Balaban J connectivity index is 1.53. The monoisotopic (exact) mass is 537 g/mol. The van der Waals surface area contributed by atoms with E-state index in [-0.39, 0.29) is 55.1 Å². The molecule has 6 heterocycles. The number of pyridine rings is 2. The van der Waals surface area contributed by atoms with Crippen molar-refractivity contribution in [3.63, 3.8) is 0 Å². The molecule has 0 radical (unpaired) electrons.